The van der Waals surface area contributed by atoms with Crippen LogP contribution >= 0.6 is 11.3 Å². The molecule has 0 aliphatic carbocycles. The maximum absolute atomic E-state index is 5.86. The fourth-order valence-electron chi connectivity index (χ4n) is 1.94. The van der Waals surface area contributed by atoms with Crippen molar-refractivity contribution in [1.29, 1.82) is 0 Å². The number of rotatable bonds is 1. The first kappa shape index (κ1) is 10.4. The number of benzene rings is 1. The molecule has 3 nitrogen and oxygen atoms in total. The number of aryl methyl sites for hydroxylation is 2. The van der Waals surface area contributed by atoms with E-state index >= 15 is 0 Å². The van der Waals surface area contributed by atoms with Crippen LogP contribution in [-0.2, 0) is 0 Å². The number of H-pyrrole nitrogens is 1. The number of anilines is 1. The fourth-order valence-corrected chi connectivity index (χ4v) is 2.80. The minimum atomic E-state index is 0.793. The molecule has 0 radical (unpaired) electrons. The summed E-state index contributed by atoms with van der Waals surface area (Å²) in [5.41, 5.74) is 10.3. The Morgan fingerprint density at radius 2 is 2.12 bits per heavy atom. The van der Waals surface area contributed by atoms with E-state index in [-0.39, 0.29) is 0 Å². The van der Waals surface area contributed by atoms with Crippen molar-refractivity contribution >= 4 is 27.2 Å². The number of nitrogens with two attached hydrogens (primary N) is 1. The predicted molar refractivity (Wildman–Crippen MR) is 73.3 cm³/mol. The molecule has 0 bridgehead atoms. The molecule has 0 aliphatic heterocycles. The molecular formula is C13H13N3S. The smallest absolute Gasteiger partial charge is 0.127 e. The highest BCUT2D eigenvalue weighted by atomic mass is 32.1. The van der Waals surface area contributed by atoms with Crippen LogP contribution in [-0.4, -0.2) is 9.97 Å². The molecule has 0 aliphatic rings. The van der Waals surface area contributed by atoms with Crippen molar-refractivity contribution in [3.8, 4) is 10.6 Å². The van der Waals surface area contributed by atoms with Crippen molar-refractivity contribution in [3.05, 3.63) is 35.7 Å². The molecule has 4 heteroatoms. The summed E-state index contributed by atoms with van der Waals surface area (Å²) in [5.74, 6) is 0. The number of nitrogen functional groups attached to an aromatic ring is 1. The number of nitrogens with one attached hydrogen (secondary N) is 1. The van der Waals surface area contributed by atoms with Crippen molar-refractivity contribution < 1.29 is 0 Å². The molecule has 0 saturated carbocycles. The zero-order chi connectivity index (χ0) is 12.0. The second kappa shape index (κ2) is 3.60. The van der Waals surface area contributed by atoms with Gasteiger partial charge in [0.25, 0.3) is 0 Å². The standard InChI is InChI=1S/C13H13N3S/c1-7-3-4-9-10(6-15-11(9)5-7)13-16-8(2)12(14)17-13/h3-6,15H,14H2,1-2H3. The van der Waals surface area contributed by atoms with Crippen molar-refractivity contribution in [3.63, 3.8) is 0 Å². The lowest BCUT2D eigenvalue weighted by Gasteiger charge is -1.95. The van der Waals surface area contributed by atoms with Gasteiger partial charge in [-0.1, -0.05) is 23.5 Å². The number of thiazole rings is 1. The van der Waals surface area contributed by atoms with Crippen LogP contribution < -0.4 is 5.73 Å². The Morgan fingerprint density at radius 1 is 1.29 bits per heavy atom. The van der Waals surface area contributed by atoms with Crippen LogP contribution in [0.15, 0.2) is 24.4 Å². The van der Waals surface area contributed by atoms with Gasteiger partial charge in [-0.3, -0.25) is 0 Å². The van der Waals surface area contributed by atoms with Gasteiger partial charge in [-0.2, -0.15) is 0 Å². The molecule has 3 rings (SSSR count). The van der Waals surface area contributed by atoms with E-state index in [0.717, 1.165) is 26.8 Å². The molecule has 0 fully saturated rings. The average molecular weight is 243 g/mol. The highest BCUT2D eigenvalue weighted by Gasteiger charge is 2.11. The quantitative estimate of drug-likeness (QED) is 0.687. The number of hydrogen-bond donors (Lipinski definition) is 2. The van der Waals surface area contributed by atoms with Gasteiger partial charge in [-0.15, -0.1) is 0 Å². The van der Waals surface area contributed by atoms with Gasteiger partial charge in [0.1, 0.15) is 10.0 Å². The first-order chi connectivity index (χ1) is 8.15. The highest BCUT2D eigenvalue weighted by Crippen LogP contribution is 2.34. The van der Waals surface area contributed by atoms with Crippen molar-refractivity contribution in [2.45, 2.75) is 13.8 Å². The van der Waals surface area contributed by atoms with Crippen molar-refractivity contribution in [1.82, 2.24) is 9.97 Å². The molecule has 0 atom stereocenters. The summed E-state index contributed by atoms with van der Waals surface area (Å²) in [6, 6.07) is 6.38. The molecule has 2 aromatic heterocycles. The summed E-state index contributed by atoms with van der Waals surface area (Å²) in [5, 5.41) is 2.97. The topological polar surface area (TPSA) is 54.7 Å². The van der Waals surface area contributed by atoms with Gasteiger partial charge >= 0.3 is 0 Å². The molecule has 3 aromatic rings. The Bertz CT molecular complexity index is 674. The molecular weight excluding hydrogens is 230 g/mol. The number of fused-ring (bicyclic) bond motifs is 1. The SMILES string of the molecule is Cc1ccc2c(-c3nc(C)c(N)s3)c[nH]c2c1. The Morgan fingerprint density at radius 3 is 2.82 bits per heavy atom. The van der Waals surface area contributed by atoms with Crippen LogP contribution in [0.2, 0.25) is 0 Å². The van der Waals surface area contributed by atoms with Crippen LogP contribution in [0.4, 0.5) is 5.00 Å². The van der Waals surface area contributed by atoms with Gasteiger partial charge in [-0.25, -0.2) is 4.98 Å². The molecule has 0 spiro atoms. The predicted octanol–water partition coefficient (Wildman–Crippen LogP) is 3.49. The van der Waals surface area contributed by atoms with Crippen molar-refractivity contribution in [2.75, 3.05) is 5.73 Å². The first-order valence-electron chi connectivity index (χ1n) is 5.46. The highest BCUT2D eigenvalue weighted by molar-refractivity contribution is 7.19. The lowest BCUT2D eigenvalue weighted by atomic mass is 10.1. The van der Waals surface area contributed by atoms with E-state index < -0.39 is 0 Å². The van der Waals surface area contributed by atoms with Crippen LogP contribution in [0.5, 0.6) is 0 Å². The average Bonchev–Trinajstić information content (AvgIpc) is 2.83. The van der Waals surface area contributed by atoms with E-state index in [0.29, 0.717) is 0 Å². The summed E-state index contributed by atoms with van der Waals surface area (Å²) in [4.78, 5) is 7.78. The van der Waals surface area contributed by atoms with E-state index in [1.165, 1.54) is 22.3 Å². The van der Waals surface area contributed by atoms with Crippen LogP contribution in [0.25, 0.3) is 21.5 Å². The van der Waals surface area contributed by atoms with Gasteiger partial charge < -0.3 is 10.7 Å². The van der Waals surface area contributed by atoms with Crippen LogP contribution in [0.3, 0.4) is 0 Å². The van der Waals surface area contributed by atoms with Gasteiger partial charge in [0.2, 0.25) is 0 Å². The van der Waals surface area contributed by atoms with Gasteiger partial charge in [0, 0.05) is 22.7 Å². The van der Waals surface area contributed by atoms with Crippen molar-refractivity contribution in [2.24, 2.45) is 0 Å². The summed E-state index contributed by atoms with van der Waals surface area (Å²) in [7, 11) is 0. The van der Waals surface area contributed by atoms with Gasteiger partial charge in [0.05, 0.1) is 5.69 Å². The minimum absolute atomic E-state index is 0.793. The normalized spacial score (nSPS) is 11.2. The van der Waals surface area contributed by atoms with E-state index in [4.69, 9.17) is 5.73 Å². The molecule has 3 N–H and O–H groups in total. The van der Waals surface area contributed by atoms with Gasteiger partial charge in [-0.05, 0) is 25.5 Å². The maximum atomic E-state index is 5.86. The summed E-state index contributed by atoms with van der Waals surface area (Å²) < 4.78 is 0. The van der Waals surface area contributed by atoms with Crippen LogP contribution in [0.1, 0.15) is 11.3 Å². The van der Waals surface area contributed by atoms with Gasteiger partial charge in [0.15, 0.2) is 0 Å². The third-order valence-electron chi connectivity index (χ3n) is 2.90. The summed E-state index contributed by atoms with van der Waals surface area (Å²) in [6.07, 6.45) is 2.00. The lowest BCUT2D eigenvalue weighted by Crippen LogP contribution is -1.81. The number of nitrogens with zero attached hydrogens (tertiary/aromatic N) is 1. The van der Waals surface area contributed by atoms with Crippen LogP contribution in [0, 0.1) is 13.8 Å². The number of aromatic amines is 1. The monoisotopic (exact) mass is 243 g/mol. The number of aromatic nitrogens is 2. The minimum Gasteiger partial charge on any atom is -0.389 e. The Labute approximate surface area is 103 Å². The summed E-state index contributed by atoms with van der Waals surface area (Å²) in [6.45, 7) is 4.03. The third-order valence-corrected chi connectivity index (χ3v) is 3.92. The van der Waals surface area contributed by atoms with E-state index in [1.807, 2.05) is 13.1 Å². The zero-order valence-corrected chi connectivity index (χ0v) is 10.6. The second-order valence-electron chi connectivity index (χ2n) is 4.22. The molecule has 17 heavy (non-hydrogen) atoms. The zero-order valence-electron chi connectivity index (χ0n) is 9.74. The second-order valence-corrected chi connectivity index (χ2v) is 5.25. The third kappa shape index (κ3) is 1.61. The van der Waals surface area contributed by atoms with E-state index in [9.17, 15) is 0 Å². The Kier molecular flexibility index (Phi) is 2.19. The molecule has 2 heterocycles. The Balaban J connectivity index is 2.24. The first-order valence-corrected chi connectivity index (χ1v) is 6.28. The van der Waals surface area contributed by atoms with E-state index in [1.54, 1.807) is 0 Å². The maximum Gasteiger partial charge on any atom is 0.127 e. The molecule has 0 amide bonds. The molecule has 0 unspecified atom stereocenters. The largest absolute Gasteiger partial charge is 0.389 e. The molecule has 0 saturated heterocycles. The molecule has 86 valence electrons. The fraction of sp³-hybridized carbons (Fsp3) is 0.154. The van der Waals surface area contributed by atoms with E-state index in [2.05, 4.69) is 35.1 Å². The summed E-state index contributed by atoms with van der Waals surface area (Å²) >= 11 is 1.54. The lowest BCUT2D eigenvalue weighted by molar-refractivity contribution is 1.27. The molecule has 1 aromatic carbocycles. The Hall–Kier alpha value is -1.81. The number of hydrogen-bond acceptors (Lipinski definition) is 3.